The zero-order chi connectivity index (χ0) is 10.8. The molecule has 0 saturated heterocycles. The molecule has 0 fully saturated rings. The Bertz CT molecular complexity index is 188. The standard InChI is InChI=1S/C11H22N2O/c1-4-6-7-8-9-11(3)12-13(14)10-5-2/h5,10-11H,4,6-9H2,1-3H3/b10-5+,13-12?/t11-/m1/s1. The minimum absolute atomic E-state index is 0.139. The zero-order valence-corrected chi connectivity index (χ0v) is 9.57. The summed E-state index contributed by atoms with van der Waals surface area (Å²) in [4.78, 5) is 0.657. The summed E-state index contributed by atoms with van der Waals surface area (Å²) in [5.74, 6) is 0. The summed E-state index contributed by atoms with van der Waals surface area (Å²) in [7, 11) is 0. The lowest BCUT2D eigenvalue weighted by Gasteiger charge is -2.03. The van der Waals surface area contributed by atoms with Gasteiger partial charge in [-0.2, -0.15) is 0 Å². The van der Waals surface area contributed by atoms with Crippen LogP contribution in [-0.2, 0) is 0 Å². The molecular formula is C11H22N2O. The van der Waals surface area contributed by atoms with Crippen molar-refractivity contribution < 1.29 is 4.86 Å². The van der Waals surface area contributed by atoms with E-state index in [0.717, 1.165) is 6.42 Å². The Labute approximate surface area is 87.1 Å². The topological polar surface area (TPSA) is 38.4 Å². The number of hydroxylamine groups is 1. The van der Waals surface area contributed by atoms with Gasteiger partial charge < -0.3 is 5.21 Å². The average Bonchev–Trinajstić information content (AvgIpc) is 2.13. The number of rotatable bonds is 7. The van der Waals surface area contributed by atoms with Gasteiger partial charge in [-0.3, -0.25) is 0 Å². The molecular weight excluding hydrogens is 176 g/mol. The van der Waals surface area contributed by atoms with Crippen molar-refractivity contribution >= 4 is 0 Å². The minimum Gasteiger partial charge on any atom is -0.595 e. The quantitative estimate of drug-likeness (QED) is 0.265. The van der Waals surface area contributed by atoms with E-state index in [9.17, 15) is 5.21 Å². The van der Waals surface area contributed by atoms with Gasteiger partial charge in [-0.15, -0.1) is 0 Å². The molecule has 0 unspecified atom stereocenters. The highest BCUT2D eigenvalue weighted by Crippen LogP contribution is 2.07. The molecule has 0 aliphatic rings. The van der Waals surface area contributed by atoms with E-state index in [4.69, 9.17) is 0 Å². The van der Waals surface area contributed by atoms with Crippen molar-refractivity contribution in [3.05, 3.63) is 17.5 Å². The van der Waals surface area contributed by atoms with Crippen molar-refractivity contribution in [3.8, 4) is 0 Å². The second-order valence-corrected chi connectivity index (χ2v) is 3.60. The second-order valence-electron chi connectivity index (χ2n) is 3.60. The Morgan fingerprint density at radius 2 is 2.07 bits per heavy atom. The highest BCUT2D eigenvalue weighted by atomic mass is 16.5. The number of unbranched alkanes of at least 4 members (excludes halogenated alkanes) is 3. The lowest BCUT2D eigenvalue weighted by Crippen LogP contribution is -2.02. The first kappa shape index (κ1) is 13.1. The van der Waals surface area contributed by atoms with Crippen LogP contribution in [0.25, 0.3) is 0 Å². The third kappa shape index (κ3) is 7.77. The second kappa shape index (κ2) is 8.73. The molecule has 0 radical (unpaired) electrons. The van der Waals surface area contributed by atoms with Crippen LogP contribution in [0, 0.1) is 5.21 Å². The van der Waals surface area contributed by atoms with Gasteiger partial charge in [0.2, 0.25) is 6.20 Å². The van der Waals surface area contributed by atoms with Gasteiger partial charge in [0, 0.05) is 0 Å². The molecule has 0 aliphatic heterocycles. The van der Waals surface area contributed by atoms with Crippen LogP contribution >= 0.6 is 0 Å². The number of hydrogen-bond acceptors (Lipinski definition) is 2. The maximum atomic E-state index is 11.0. The maximum Gasteiger partial charge on any atom is 0.205 e. The van der Waals surface area contributed by atoms with Gasteiger partial charge in [-0.25, -0.2) is 0 Å². The molecule has 0 N–H and O–H groups in total. The number of allylic oxidation sites excluding steroid dienone is 1. The van der Waals surface area contributed by atoms with E-state index in [0.29, 0.717) is 4.86 Å². The Morgan fingerprint density at radius 3 is 2.64 bits per heavy atom. The summed E-state index contributed by atoms with van der Waals surface area (Å²) in [6.07, 6.45) is 9.08. The predicted octanol–water partition coefficient (Wildman–Crippen LogP) is 3.84. The lowest BCUT2D eigenvalue weighted by molar-refractivity contribution is -0.462. The van der Waals surface area contributed by atoms with Gasteiger partial charge in [0.05, 0.1) is 0 Å². The average molecular weight is 198 g/mol. The van der Waals surface area contributed by atoms with E-state index >= 15 is 0 Å². The lowest BCUT2D eigenvalue weighted by atomic mass is 10.1. The smallest absolute Gasteiger partial charge is 0.205 e. The third-order valence-electron chi connectivity index (χ3n) is 2.06. The van der Waals surface area contributed by atoms with Crippen molar-refractivity contribution in [1.29, 1.82) is 0 Å². The van der Waals surface area contributed by atoms with Gasteiger partial charge in [0.25, 0.3) is 0 Å². The Morgan fingerprint density at radius 1 is 1.36 bits per heavy atom. The highest BCUT2D eigenvalue weighted by molar-refractivity contribution is 4.63. The van der Waals surface area contributed by atoms with Gasteiger partial charge >= 0.3 is 0 Å². The number of hydrogen-bond donors (Lipinski definition) is 0. The van der Waals surface area contributed by atoms with Crippen molar-refractivity contribution in [3.63, 3.8) is 0 Å². The van der Waals surface area contributed by atoms with Crippen LogP contribution in [0.3, 0.4) is 0 Å². The molecule has 0 amide bonds. The molecule has 0 rings (SSSR count). The monoisotopic (exact) mass is 198 g/mol. The zero-order valence-electron chi connectivity index (χ0n) is 9.57. The number of azo groups is 1. The Balaban J connectivity index is 3.63. The summed E-state index contributed by atoms with van der Waals surface area (Å²) in [5, 5.41) is 15.0. The molecule has 0 spiro atoms. The largest absolute Gasteiger partial charge is 0.595 e. The fraction of sp³-hybridized carbons (Fsp3) is 0.818. The molecule has 0 aliphatic carbocycles. The van der Waals surface area contributed by atoms with E-state index in [1.165, 1.54) is 31.9 Å². The van der Waals surface area contributed by atoms with Crippen LogP contribution in [0.5, 0.6) is 0 Å². The van der Waals surface area contributed by atoms with E-state index in [1.807, 2.05) is 13.8 Å². The summed E-state index contributed by atoms with van der Waals surface area (Å²) in [6, 6.07) is 0.139. The van der Waals surface area contributed by atoms with Gasteiger partial charge in [-0.05, 0) is 31.5 Å². The molecule has 82 valence electrons. The molecule has 0 bridgehead atoms. The summed E-state index contributed by atoms with van der Waals surface area (Å²) in [5.41, 5.74) is 0. The fourth-order valence-corrected chi connectivity index (χ4v) is 1.28. The van der Waals surface area contributed by atoms with Crippen molar-refractivity contribution in [2.45, 2.75) is 58.9 Å². The van der Waals surface area contributed by atoms with Crippen LogP contribution in [-0.4, -0.2) is 10.9 Å². The van der Waals surface area contributed by atoms with E-state index in [2.05, 4.69) is 12.0 Å². The van der Waals surface area contributed by atoms with Gasteiger partial charge in [0.15, 0.2) is 0 Å². The van der Waals surface area contributed by atoms with Crippen LogP contribution < -0.4 is 0 Å². The molecule has 0 aromatic heterocycles. The first-order valence-corrected chi connectivity index (χ1v) is 5.50. The van der Waals surface area contributed by atoms with E-state index < -0.39 is 0 Å². The highest BCUT2D eigenvalue weighted by Gasteiger charge is 2.02. The first-order valence-electron chi connectivity index (χ1n) is 5.50. The molecule has 1 atom stereocenters. The fourth-order valence-electron chi connectivity index (χ4n) is 1.28. The third-order valence-corrected chi connectivity index (χ3v) is 2.06. The van der Waals surface area contributed by atoms with Crippen LogP contribution in [0.2, 0.25) is 0 Å². The van der Waals surface area contributed by atoms with E-state index in [1.54, 1.807) is 6.08 Å². The maximum absolute atomic E-state index is 11.0. The first-order chi connectivity index (χ1) is 6.70. The summed E-state index contributed by atoms with van der Waals surface area (Å²) in [6.45, 7) is 5.99. The predicted molar refractivity (Wildman–Crippen MR) is 59.1 cm³/mol. The molecule has 3 heteroatoms. The van der Waals surface area contributed by atoms with Crippen LogP contribution in [0.1, 0.15) is 52.9 Å². The van der Waals surface area contributed by atoms with Gasteiger partial charge in [-0.1, -0.05) is 37.5 Å². The normalized spacial score (nSPS) is 14.9. The van der Waals surface area contributed by atoms with Crippen LogP contribution in [0.15, 0.2) is 17.4 Å². The Hall–Kier alpha value is -0.860. The molecule has 0 aromatic carbocycles. The molecule has 14 heavy (non-hydrogen) atoms. The number of nitrogens with zero attached hydrogens (tertiary/aromatic N) is 2. The van der Waals surface area contributed by atoms with E-state index in [-0.39, 0.29) is 6.04 Å². The molecule has 0 aromatic rings. The van der Waals surface area contributed by atoms with Crippen LogP contribution in [0.4, 0.5) is 0 Å². The van der Waals surface area contributed by atoms with Gasteiger partial charge in [0.1, 0.15) is 6.04 Å². The van der Waals surface area contributed by atoms with Crippen molar-refractivity contribution in [2.24, 2.45) is 5.11 Å². The Kier molecular flexibility index (Phi) is 8.19. The summed E-state index contributed by atoms with van der Waals surface area (Å²) < 4.78 is 0. The molecule has 0 heterocycles. The SMILES string of the molecule is C/C=C/[N+]([O-])=N[C@H](C)CCCCCC. The molecule has 0 saturated carbocycles. The molecule has 3 nitrogen and oxygen atoms in total. The minimum atomic E-state index is 0.139. The van der Waals surface area contributed by atoms with Crippen molar-refractivity contribution in [1.82, 2.24) is 0 Å². The summed E-state index contributed by atoms with van der Waals surface area (Å²) >= 11 is 0. The van der Waals surface area contributed by atoms with Crippen molar-refractivity contribution in [2.75, 3.05) is 0 Å².